The molecule has 1 N–H and O–H groups in total. The number of phenolic OH excluding ortho intramolecular Hbond substituents is 1. The number of Topliss-reactive ketones (excluding diaryl/α,β-unsaturated/α-hetero) is 1. The smallest absolute Gasteiger partial charge is 0.238 e. The van der Waals surface area contributed by atoms with Crippen LogP contribution in [0.1, 0.15) is 31.2 Å². The van der Waals surface area contributed by atoms with Gasteiger partial charge in [-0.3, -0.25) is 24.1 Å². The molecule has 2 amide bonds. The Bertz CT molecular complexity index is 1780. The molecule has 1 saturated heterocycles. The zero-order valence-electron chi connectivity index (χ0n) is 21.6. The van der Waals surface area contributed by atoms with Crippen LogP contribution in [-0.2, 0) is 19.2 Å². The highest BCUT2D eigenvalue weighted by Gasteiger charge is 2.56. The van der Waals surface area contributed by atoms with Crippen molar-refractivity contribution in [1.82, 2.24) is 0 Å². The molecule has 0 aromatic heterocycles. The van der Waals surface area contributed by atoms with Crippen molar-refractivity contribution in [3.63, 3.8) is 0 Å². The van der Waals surface area contributed by atoms with Crippen molar-refractivity contribution >= 4 is 51.4 Å². The highest BCUT2D eigenvalue weighted by Crippen LogP contribution is 2.56. The van der Waals surface area contributed by atoms with E-state index in [0.29, 0.717) is 39.2 Å². The number of hydrogen-bond donors (Lipinski definition) is 1. The summed E-state index contributed by atoms with van der Waals surface area (Å²) >= 11 is 6.05. The lowest BCUT2D eigenvalue weighted by molar-refractivity contribution is -0.123. The number of ketones is 2. The lowest BCUT2D eigenvalue weighted by atomic mass is 9.59. The van der Waals surface area contributed by atoms with Crippen LogP contribution in [0.15, 0.2) is 95.1 Å². The van der Waals surface area contributed by atoms with Gasteiger partial charge in [0.1, 0.15) is 5.75 Å². The van der Waals surface area contributed by atoms with Crippen molar-refractivity contribution in [3.05, 3.63) is 106 Å². The fraction of sp³-hybridized carbons (Fsp3) is 0.212. The third-order valence-corrected chi connectivity index (χ3v) is 9.15. The molecular formula is C33H24ClNO5. The average Bonchev–Trinajstić information content (AvgIpc) is 3.21. The first-order valence-electron chi connectivity index (χ1n) is 13.3. The van der Waals surface area contributed by atoms with E-state index in [0.717, 1.165) is 16.5 Å². The quantitative estimate of drug-likeness (QED) is 0.246. The summed E-state index contributed by atoms with van der Waals surface area (Å²) < 4.78 is 0. The van der Waals surface area contributed by atoms with E-state index in [9.17, 15) is 24.3 Å². The lowest BCUT2D eigenvalue weighted by Gasteiger charge is -2.42. The molecule has 6 nitrogen and oxygen atoms in total. The standard InChI is InChI=1S/C33H24ClNO5/c1-16-14-27(37)25-15-24-22(10-11-23-29(24)33(40)35(32(23)39)18-8-6-17(34)7-9-18)28(30(25)31(16)38)21-12-13-26(36)20-5-3-2-4-19(20)21/h2-10,12-14,23-24,28-29,36H,11,15H2,1H3/t23-,24+,28-,29-/m0/s1. The Hall–Kier alpha value is -4.29. The van der Waals surface area contributed by atoms with Crippen LogP contribution in [0.25, 0.3) is 10.8 Å². The Morgan fingerprint density at radius 1 is 0.875 bits per heavy atom. The zero-order chi connectivity index (χ0) is 27.9. The summed E-state index contributed by atoms with van der Waals surface area (Å²) in [5.41, 5.74) is 3.36. The number of phenols is 1. The summed E-state index contributed by atoms with van der Waals surface area (Å²) in [6.45, 7) is 1.65. The summed E-state index contributed by atoms with van der Waals surface area (Å²) in [5.74, 6) is -3.06. The number of imide groups is 1. The van der Waals surface area contributed by atoms with Gasteiger partial charge in [0.05, 0.1) is 17.5 Å². The van der Waals surface area contributed by atoms with Crippen molar-refractivity contribution in [2.45, 2.75) is 25.7 Å². The number of rotatable bonds is 2. The van der Waals surface area contributed by atoms with Gasteiger partial charge in [-0.25, -0.2) is 0 Å². The third-order valence-electron chi connectivity index (χ3n) is 8.90. The molecular weight excluding hydrogens is 526 g/mol. The molecule has 1 aliphatic heterocycles. The Kier molecular flexibility index (Phi) is 5.48. The van der Waals surface area contributed by atoms with E-state index in [1.807, 2.05) is 30.3 Å². The second kappa shape index (κ2) is 8.86. The molecule has 40 heavy (non-hydrogen) atoms. The number of carbonyl (C=O) groups is 4. The molecule has 4 atom stereocenters. The third kappa shape index (κ3) is 3.42. The Labute approximate surface area is 235 Å². The zero-order valence-corrected chi connectivity index (χ0v) is 22.3. The molecule has 7 heteroatoms. The van der Waals surface area contributed by atoms with E-state index in [2.05, 4.69) is 0 Å². The maximum absolute atomic E-state index is 14.0. The molecule has 3 aliphatic carbocycles. The number of fused-ring (bicyclic) bond motifs is 4. The molecule has 0 spiro atoms. The van der Waals surface area contributed by atoms with Crippen molar-refractivity contribution in [2.24, 2.45) is 17.8 Å². The average molecular weight is 550 g/mol. The number of aromatic hydroxyl groups is 1. The van der Waals surface area contributed by atoms with Crippen LogP contribution in [0.5, 0.6) is 5.75 Å². The highest BCUT2D eigenvalue weighted by atomic mass is 35.5. The highest BCUT2D eigenvalue weighted by molar-refractivity contribution is 6.31. The number of nitrogens with zero attached hydrogens (tertiary/aromatic N) is 1. The van der Waals surface area contributed by atoms with Crippen molar-refractivity contribution < 1.29 is 24.3 Å². The fourth-order valence-corrected chi connectivity index (χ4v) is 7.25. The number of halogens is 1. The van der Waals surface area contributed by atoms with Crippen molar-refractivity contribution in [3.8, 4) is 5.75 Å². The minimum absolute atomic E-state index is 0.121. The maximum atomic E-state index is 14.0. The number of anilines is 1. The van der Waals surface area contributed by atoms with E-state index < -0.39 is 23.7 Å². The molecule has 4 aliphatic rings. The molecule has 1 heterocycles. The Morgan fingerprint density at radius 2 is 1.60 bits per heavy atom. The van der Waals surface area contributed by atoms with Gasteiger partial charge < -0.3 is 5.11 Å². The van der Waals surface area contributed by atoms with Gasteiger partial charge in [-0.1, -0.05) is 53.6 Å². The maximum Gasteiger partial charge on any atom is 0.238 e. The molecule has 3 aromatic carbocycles. The lowest BCUT2D eigenvalue weighted by Crippen LogP contribution is -2.39. The number of carbonyl (C=O) groups excluding carboxylic acids is 4. The van der Waals surface area contributed by atoms with Crippen molar-refractivity contribution in [1.29, 1.82) is 0 Å². The topological polar surface area (TPSA) is 91.8 Å². The largest absolute Gasteiger partial charge is 0.507 e. The first kappa shape index (κ1) is 24.7. The fourth-order valence-electron chi connectivity index (χ4n) is 7.12. The van der Waals surface area contributed by atoms with Crippen LogP contribution in [0.2, 0.25) is 5.02 Å². The summed E-state index contributed by atoms with van der Waals surface area (Å²) in [6.07, 6.45) is 3.96. The molecule has 0 unspecified atom stereocenters. The van der Waals surface area contributed by atoms with Gasteiger partial charge in [0, 0.05) is 33.0 Å². The van der Waals surface area contributed by atoms with E-state index in [-0.39, 0.29) is 35.6 Å². The minimum atomic E-state index is -0.655. The van der Waals surface area contributed by atoms with Gasteiger partial charge in [0.25, 0.3) is 0 Å². The number of benzene rings is 3. The molecule has 0 saturated carbocycles. The molecule has 0 radical (unpaired) electrons. The first-order chi connectivity index (χ1) is 19.3. The molecule has 3 aromatic rings. The van der Waals surface area contributed by atoms with Gasteiger partial charge in [0.15, 0.2) is 11.6 Å². The Morgan fingerprint density at radius 3 is 2.35 bits per heavy atom. The summed E-state index contributed by atoms with van der Waals surface area (Å²) in [4.78, 5) is 55.9. The summed E-state index contributed by atoms with van der Waals surface area (Å²) in [6, 6.07) is 17.4. The number of amides is 2. The molecule has 0 bridgehead atoms. The summed E-state index contributed by atoms with van der Waals surface area (Å²) in [7, 11) is 0. The van der Waals surface area contributed by atoms with Gasteiger partial charge in [-0.2, -0.15) is 0 Å². The molecule has 198 valence electrons. The van der Waals surface area contributed by atoms with Crippen LogP contribution in [0.4, 0.5) is 5.69 Å². The molecule has 1 fully saturated rings. The van der Waals surface area contributed by atoms with Gasteiger partial charge in [-0.05, 0) is 73.0 Å². The summed E-state index contributed by atoms with van der Waals surface area (Å²) in [5, 5.41) is 12.5. The van der Waals surface area contributed by atoms with Crippen LogP contribution in [0.3, 0.4) is 0 Å². The van der Waals surface area contributed by atoms with E-state index in [1.165, 1.54) is 11.0 Å². The predicted octanol–water partition coefficient (Wildman–Crippen LogP) is 5.83. The number of hydrogen-bond acceptors (Lipinski definition) is 5. The predicted molar refractivity (Wildman–Crippen MR) is 151 cm³/mol. The molecule has 7 rings (SSSR count). The van der Waals surface area contributed by atoms with Gasteiger partial charge >= 0.3 is 0 Å². The SMILES string of the molecule is CC1=CC(=O)C2=C(C1=O)[C@@H](c1ccc(O)c3ccccc13)C1=CC[C@@H]3C(=O)N(c4ccc(Cl)cc4)C(=O)[C@@H]3[C@@H]1C2. The van der Waals surface area contributed by atoms with E-state index in [4.69, 9.17) is 11.6 Å². The number of allylic oxidation sites excluding steroid dienone is 6. The van der Waals surface area contributed by atoms with E-state index in [1.54, 1.807) is 43.3 Å². The van der Waals surface area contributed by atoms with E-state index >= 15 is 0 Å². The van der Waals surface area contributed by atoms with Crippen LogP contribution in [0, 0.1) is 17.8 Å². The normalized spacial score (nSPS) is 26.0. The van der Waals surface area contributed by atoms with Crippen molar-refractivity contribution in [2.75, 3.05) is 4.90 Å². The second-order valence-corrected chi connectivity index (χ2v) is 11.4. The van der Waals surface area contributed by atoms with Crippen LogP contribution >= 0.6 is 11.6 Å². The minimum Gasteiger partial charge on any atom is -0.507 e. The first-order valence-corrected chi connectivity index (χ1v) is 13.7. The van der Waals surface area contributed by atoms with Gasteiger partial charge in [0.2, 0.25) is 11.8 Å². The monoisotopic (exact) mass is 549 g/mol. The Balaban J connectivity index is 1.41. The second-order valence-electron chi connectivity index (χ2n) is 10.9. The van der Waals surface area contributed by atoms with Gasteiger partial charge in [-0.15, -0.1) is 0 Å². The van der Waals surface area contributed by atoms with Crippen LogP contribution in [-0.4, -0.2) is 28.5 Å². The van der Waals surface area contributed by atoms with Crippen LogP contribution < -0.4 is 4.90 Å².